The standard InChI is InChI=1S/C19H20N4OS2/c1-3-11-23-18(15-8-5-4-6-9-15)21-22-19(23)26-13-17(24)20-14(2)16-10-7-12-25-16/h3-10,12,14H,1,11,13H2,2H3,(H,20,24)/t14-/m1/s1. The summed E-state index contributed by atoms with van der Waals surface area (Å²) in [5.41, 5.74) is 0.990. The Morgan fingerprint density at radius 3 is 2.81 bits per heavy atom. The summed E-state index contributed by atoms with van der Waals surface area (Å²) < 4.78 is 1.98. The van der Waals surface area contributed by atoms with Gasteiger partial charge in [-0.2, -0.15) is 0 Å². The lowest BCUT2D eigenvalue weighted by atomic mass is 10.2. The van der Waals surface area contributed by atoms with Crippen molar-refractivity contribution < 1.29 is 4.79 Å². The van der Waals surface area contributed by atoms with Gasteiger partial charge in [-0.25, -0.2) is 0 Å². The van der Waals surface area contributed by atoms with Gasteiger partial charge in [-0.3, -0.25) is 9.36 Å². The molecule has 1 atom stereocenters. The summed E-state index contributed by atoms with van der Waals surface area (Å²) in [7, 11) is 0. The SMILES string of the molecule is C=CCn1c(SCC(=O)N[C@H](C)c2cccs2)nnc1-c1ccccc1. The van der Waals surface area contributed by atoms with Crippen molar-refractivity contribution in [2.24, 2.45) is 0 Å². The molecule has 0 aliphatic rings. The number of rotatable bonds is 8. The minimum Gasteiger partial charge on any atom is -0.348 e. The Bertz CT molecular complexity index is 859. The molecule has 0 saturated heterocycles. The van der Waals surface area contributed by atoms with Gasteiger partial charge in [-0.1, -0.05) is 54.2 Å². The van der Waals surface area contributed by atoms with E-state index in [2.05, 4.69) is 22.1 Å². The van der Waals surface area contributed by atoms with Gasteiger partial charge < -0.3 is 5.32 Å². The third kappa shape index (κ3) is 4.42. The van der Waals surface area contributed by atoms with Crippen molar-refractivity contribution >= 4 is 29.0 Å². The average molecular weight is 385 g/mol. The highest BCUT2D eigenvalue weighted by molar-refractivity contribution is 7.99. The molecule has 26 heavy (non-hydrogen) atoms. The zero-order valence-electron chi connectivity index (χ0n) is 14.5. The second kappa shape index (κ2) is 8.82. The van der Waals surface area contributed by atoms with Crippen LogP contribution in [0, 0.1) is 0 Å². The van der Waals surface area contributed by atoms with Gasteiger partial charge in [0.15, 0.2) is 11.0 Å². The number of nitrogens with zero attached hydrogens (tertiary/aromatic N) is 3. The van der Waals surface area contributed by atoms with E-state index in [1.54, 1.807) is 17.4 Å². The lowest BCUT2D eigenvalue weighted by Crippen LogP contribution is -2.27. The summed E-state index contributed by atoms with van der Waals surface area (Å²) in [6.07, 6.45) is 1.80. The van der Waals surface area contributed by atoms with Gasteiger partial charge in [0.05, 0.1) is 11.8 Å². The van der Waals surface area contributed by atoms with E-state index in [4.69, 9.17) is 0 Å². The third-order valence-corrected chi connectivity index (χ3v) is 5.76. The Balaban J connectivity index is 1.67. The van der Waals surface area contributed by atoms with Crippen LogP contribution in [0.15, 0.2) is 65.7 Å². The van der Waals surface area contributed by atoms with E-state index in [-0.39, 0.29) is 11.9 Å². The minimum absolute atomic E-state index is 0.00836. The topological polar surface area (TPSA) is 59.8 Å². The van der Waals surface area contributed by atoms with E-state index in [1.807, 2.05) is 59.3 Å². The molecule has 3 aromatic rings. The molecule has 0 unspecified atom stereocenters. The van der Waals surface area contributed by atoms with Gasteiger partial charge in [-0.15, -0.1) is 28.1 Å². The predicted octanol–water partition coefficient (Wildman–Crippen LogP) is 4.16. The summed E-state index contributed by atoms with van der Waals surface area (Å²) in [6, 6.07) is 13.9. The lowest BCUT2D eigenvalue weighted by molar-refractivity contribution is -0.119. The van der Waals surface area contributed by atoms with Crippen molar-refractivity contribution in [2.45, 2.75) is 24.7 Å². The quantitative estimate of drug-likeness (QED) is 0.468. The summed E-state index contributed by atoms with van der Waals surface area (Å²) in [5, 5.41) is 14.3. The minimum atomic E-state index is -0.0229. The highest BCUT2D eigenvalue weighted by Crippen LogP contribution is 2.24. The maximum absolute atomic E-state index is 12.3. The van der Waals surface area contributed by atoms with Crippen LogP contribution in [-0.4, -0.2) is 26.4 Å². The van der Waals surface area contributed by atoms with E-state index in [0.29, 0.717) is 17.5 Å². The van der Waals surface area contributed by atoms with Crippen LogP contribution in [0.1, 0.15) is 17.8 Å². The van der Waals surface area contributed by atoms with Crippen LogP contribution in [0.4, 0.5) is 0 Å². The monoisotopic (exact) mass is 384 g/mol. The summed E-state index contributed by atoms with van der Waals surface area (Å²) in [5.74, 6) is 1.05. The second-order valence-corrected chi connectivity index (χ2v) is 7.59. The van der Waals surface area contributed by atoms with Crippen LogP contribution in [0.2, 0.25) is 0 Å². The number of allylic oxidation sites excluding steroid dienone is 1. The molecule has 0 bridgehead atoms. The number of thiophene rings is 1. The van der Waals surface area contributed by atoms with Crippen molar-refractivity contribution in [1.29, 1.82) is 0 Å². The van der Waals surface area contributed by atoms with E-state index >= 15 is 0 Å². The molecule has 1 N–H and O–H groups in total. The van der Waals surface area contributed by atoms with Crippen LogP contribution in [0.5, 0.6) is 0 Å². The molecular formula is C19H20N4OS2. The molecule has 1 amide bonds. The number of hydrogen-bond donors (Lipinski definition) is 1. The first-order valence-corrected chi connectivity index (χ1v) is 10.1. The Kier molecular flexibility index (Phi) is 6.25. The number of amides is 1. The number of thioether (sulfide) groups is 1. The van der Waals surface area contributed by atoms with Crippen molar-refractivity contribution in [3.05, 3.63) is 65.4 Å². The molecule has 0 aliphatic carbocycles. The van der Waals surface area contributed by atoms with Crippen molar-refractivity contribution in [1.82, 2.24) is 20.1 Å². The predicted molar refractivity (Wildman–Crippen MR) is 107 cm³/mol. The number of aromatic nitrogens is 3. The number of carbonyl (C=O) groups is 1. The first-order valence-electron chi connectivity index (χ1n) is 8.24. The van der Waals surface area contributed by atoms with Crippen LogP contribution in [-0.2, 0) is 11.3 Å². The fraction of sp³-hybridized carbons (Fsp3) is 0.211. The second-order valence-electron chi connectivity index (χ2n) is 5.66. The van der Waals surface area contributed by atoms with E-state index in [9.17, 15) is 4.79 Å². The van der Waals surface area contributed by atoms with Crippen molar-refractivity contribution in [2.75, 3.05) is 5.75 Å². The lowest BCUT2D eigenvalue weighted by Gasteiger charge is -2.12. The summed E-state index contributed by atoms with van der Waals surface area (Å²) >= 11 is 3.02. The molecule has 2 aromatic heterocycles. The Morgan fingerprint density at radius 1 is 1.31 bits per heavy atom. The molecule has 2 heterocycles. The maximum Gasteiger partial charge on any atom is 0.230 e. The van der Waals surface area contributed by atoms with Crippen LogP contribution in [0.3, 0.4) is 0 Å². The number of hydrogen-bond acceptors (Lipinski definition) is 5. The highest BCUT2D eigenvalue weighted by Gasteiger charge is 2.16. The van der Waals surface area contributed by atoms with Crippen LogP contribution >= 0.6 is 23.1 Å². The number of nitrogens with one attached hydrogen (secondary N) is 1. The van der Waals surface area contributed by atoms with E-state index in [0.717, 1.165) is 16.3 Å². The first-order chi connectivity index (χ1) is 12.7. The van der Waals surface area contributed by atoms with Gasteiger partial charge in [0.1, 0.15) is 0 Å². The summed E-state index contributed by atoms with van der Waals surface area (Å²) in [4.78, 5) is 13.4. The van der Waals surface area contributed by atoms with Gasteiger partial charge in [0, 0.05) is 17.0 Å². The fourth-order valence-electron chi connectivity index (χ4n) is 2.51. The van der Waals surface area contributed by atoms with Crippen molar-refractivity contribution in [3.63, 3.8) is 0 Å². The van der Waals surface area contributed by atoms with Gasteiger partial charge >= 0.3 is 0 Å². The molecule has 5 nitrogen and oxygen atoms in total. The fourth-order valence-corrected chi connectivity index (χ4v) is 4.01. The Morgan fingerprint density at radius 2 is 2.12 bits per heavy atom. The Labute approximate surface area is 161 Å². The zero-order chi connectivity index (χ0) is 18.4. The Hall–Kier alpha value is -2.38. The molecule has 1 aromatic carbocycles. The maximum atomic E-state index is 12.3. The molecule has 134 valence electrons. The van der Waals surface area contributed by atoms with Crippen LogP contribution in [0.25, 0.3) is 11.4 Å². The van der Waals surface area contributed by atoms with Crippen LogP contribution < -0.4 is 5.32 Å². The zero-order valence-corrected chi connectivity index (χ0v) is 16.1. The van der Waals surface area contributed by atoms with Gasteiger partial charge in [-0.05, 0) is 18.4 Å². The molecular weight excluding hydrogens is 364 g/mol. The van der Waals surface area contributed by atoms with E-state index in [1.165, 1.54) is 11.8 Å². The molecule has 0 radical (unpaired) electrons. The molecule has 7 heteroatoms. The molecule has 0 spiro atoms. The summed E-state index contributed by atoms with van der Waals surface area (Å²) in [6.45, 7) is 6.39. The first kappa shape index (κ1) is 18.4. The van der Waals surface area contributed by atoms with Gasteiger partial charge in [0.2, 0.25) is 5.91 Å². The highest BCUT2D eigenvalue weighted by atomic mass is 32.2. The van der Waals surface area contributed by atoms with E-state index < -0.39 is 0 Å². The molecule has 0 saturated carbocycles. The molecule has 0 aliphatic heterocycles. The smallest absolute Gasteiger partial charge is 0.230 e. The number of benzene rings is 1. The molecule has 0 fully saturated rings. The van der Waals surface area contributed by atoms with Crippen molar-refractivity contribution in [3.8, 4) is 11.4 Å². The molecule has 3 rings (SSSR count). The largest absolute Gasteiger partial charge is 0.348 e. The normalized spacial score (nSPS) is 11.9. The van der Waals surface area contributed by atoms with Gasteiger partial charge in [0.25, 0.3) is 0 Å². The third-order valence-electron chi connectivity index (χ3n) is 3.74. The number of carbonyl (C=O) groups excluding carboxylic acids is 1. The average Bonchev–Trinajstić information content (AvgIpc) is 3.31.